The number of aryl methyl sites for hydroxylation is 2. The second kappa shape index (κ2) is 9.80. The molecule has 0 bridgehead atoms. The van der Waals surface area contributed by atoms with Crippen molar-refractivity contribution < 1.29 is 9.32 Å². The van der Waals surface area contributed by atoms with Crippen LogP contribution in [0.3, 0.4) is 0 Å². The van der Waals surface area contributed by atoms with Gasteiger partial charge in [-0.15, -0.1) is 0 Å². The summed E-state index contributed by atoms with van der Waals surface area (Å²) in [5.41, 5.74) is 4.89. The van der Waals surface area contributed by atoms with Gasteiger partial charge in [-0.05, 0) is 49.3 Å². The molecule has 2 aromatic carbocycles. The second-order valence-corrected chi connectivity index (χ2v) is 8.20. The van der Waals surface area contributed by atoms with Gasteiger partial charge in [0, 0.05) is 28.8 Å². The largest absolute Gasteiger partial charge is 0.360 e. The molecule has 0 spiro atoms. The highest BCUT2D eigenvalue weighted by atomic mass is 35.5. The Morgan fingerprint density at radius 2 is 1.86 bits per heavy atom. The number of thioether (sulfide) groups is 1. The van der Waals surface area contributed by atoms with Crippen molar-refractivity contribution in [3.63, 3.8) is 0 Å². The number of anilines is 1. The van der Waals surface area contributed by atoms with E-state index < -0.39 is 0 Å². The number of benzene rings is 2. The van der Waals surface area contributed by atoms with Crippen LogP contribution >= 0.6 is 23.4 Å². The first-order valence-corrected chi connectivity index (χ1v) is 10.7. The number of halogens is 1. The lowest BCUT2D eigenvalue weighted by Crippen LogP contribution is -2.13. The smallest absolute Gasteiger partial charge is 0.224 e. The molecule has 6 heteroatoms. The third kappa shape index (κ3) is 5.63. The van der Waals surface area contributed by atoms with Crippen LogP contribution in [0.2, 0.25) is 5.02 Å². The van der Waals surface area contributed by atoms with Crippen LogP contribution in [0.1, 0.15) is 29.7 Å². The van der Waals surface area contributed by atoms with Crippen molar-refractivity contribution >= 4 is 35.0 Å². The molecule has 146 valence electrons. The van der Waals surface area contributed by atoms with Crippen LogP contribution < -0.4 is 5.32 Å². The summed E-state index contributed by atoms with van der Waals surface area (Å²) >= 11 is 7.65. The van der Waals surface area contributed by atoms with Gasteiger partial charge in [-0.1, -0.05) is 47.1 Å². The molecule has 1 aromatic heterocycles. The van der Waals surface area contributed by atoms with Crippen LogP contribution in [0.5, 0.6) is 0 Å². The molecule has 28 heavy (non-hydrogen) atoms. The van der Waals surface area contributed by atoms with Gasteiger partial charge in [0.05, 0.1) is 5.75 Å². The molecule has 1 amide bonds. The second-order valence-electron chi connectivity index (χ2n) is 6.66. The van der Waals surface area contributed by atoms with Gasteiger partial charge in [0.1, 0.15) is 11.5 Å². The fourth-order valence-electron chi connectivity index (χ4n) is 2.86. The number of nitrogens with zero attached hydrogens (tertiary/aromatic N) is 1. The number of aromatic nitrogens is 1. The van der Waals surface area contributed by atoms with Crippen molar-refractivity contribution in [1.82, 2.24) is 5.16 Å². The SMILES string of the molecule is Cc1cccc(C)c1NC(=O)CCCSCc1cc(-c2ccc(Cl)cc2)no1. The van der Waals surface area contributed by atoms with E-state index in [0.29, 0.717) is 11.4 Å². The Labute approximate surface area is 174 Å². The van der Waals surface area contributed by atoms with Crippen molar-refractivity contribution in [2.45, 2.75) is 32.4 Å². The number of para-hydroxylation sites is 1. The van der Waals surface area contributed by atoms with Crippen LogP contribution in [-0.4, -0.2) is 16.8 Å². The number of carbonyl (C=O) groups is 1. The van der Waals surface area contributed by atoms with Gasteiger partial charge < -0.3 is 9.84 Å². The van der Waals surface area contributed by atoms with E-state index in [1.807, 2.05) is 62.4 Å². The van der Waals surface area contributed by atoms with Gasteiger partial charge in [-0.3, -0.25) is 4.79 Å². The molecule has 3 rings (SSSR count). The Bertz CT molecular complexity index is 918. The summed E-state index contributed by atoms with van der Waals surface area (Å²) in [6.07, 6.45) is 1.33. The number of amides is 1. The van der Waals surface area contributed by atoms with Crippen LogP contribution in [-0.2, 0) is 10.5 Å². The molecular formula is C22H23ClN2O2S. The molecule has 0 saturated heterocycles. The van der Waals surface area contributed by atoms with Crippen molar-refractivity contribution in [2.75, 3.05) is 11.1 Å². The van der Waals surface area contributed by atoms with Crippen molar-refractivity contribution in [3.8, 4) is 11.3 Å². The average Bonchev–Trinajstić information content (AvgIpc) is 3.14. The minimum Gasteiger partial charge on any atom is -0.360 e. The molecule has 0 aliphatic carbocycles. The fourth-order valence-corrected chi connectivity index (χ4v) is 3.81. The van der Waals surface area contributed by atoms with E-state index >= 15 is 0 Å². The molecule has 1 N–H and O–H groups in total. The predicted molar refractivity (Wildman–Crippen MR) is 117 cm³/mol. The Morgan fingerprint density at radius 1 is 1.14 bits per heavy atom. The first kappa shape index (κ1) is 20.5. The highest BCUT2D eigenvalue weighted by Gasteiger charge is 2.09. The van der Waals surface area contributed by atoms with Crippen molar-refractivity contribution in [3.05, 3.63) is 70.4 Å². The van der Waals surface area contributed by atoms with Crippen molar-refractivity contribution in [2.24, 2.45) is 0 Å². The van der Waals surface area contributed by atoms with Gasteiger partial charge in [0.25, 0.3) is 0 Å². The zero-order chi connectivity index (χ0) is 19.9. The zero-order valence-corrected chi connectivity index (χ0v) is 17.6. The molecule has 0 unspecified atom stereocenters. The van der Waals surface area contributed by atoms with Crippen LogP contribution in [0, 0.1) is 13.8 Å². The molecule has 0 aliphatic heterocycles. The summed E-state index contributed by atoms with van der Waals surface area (Å²) < 4.78 is 5.40. The molecule has 0 aliphatic rings. The van der Waals surface area contributed by atoms with E-state index in [1.54, 1.807) is 11.8 Å². The maximum absolute atomic E-state index is 12.2. The van der Waals surface area contributed by atoms with E-state index in [9.17, 15) is 4.79 Å². The molecule has 0 fully saturated rings. The van der Waals surface area contributed by atoms with E-state index in [4.69, 9.17) is 16.1 Å². The minimum atomic E-state index is 0.0580. The van der Waals surface area contributed by atoms with Gasteiger partial charge in [0.2, 0.25) is 5.91 Å². The molecular weight excluding hydrogens is 392 g/mol. The maximum Gasteiger partial charge on any atom is 0.224 e. The van der Waals surface area contributed by atoms with Gasteiger partial charge in [0.15, 0.2) is 0 Å². The minimum absolute atomic E-state index is 0.0580. The van der Waals surface area contributed by atoms with E-state index in [1.165, 1.54) is 0 Å². The first-order chi connectivity index (χ1) is 13.5. The Kier molecular flexibility index (Phi) is 7.18. The molecule has 1 heterocycles. The predicted octanol–water partition coefficient (Wildman–Crippen LogP) is 6.26. The molecule has 4 nitrogen and oxygen atoms in total. The third-order valence-electron chi connectivity index (χ3n) is 4.38. The van der Waals surface area contributed by atoms with E-state index in [2.05, 4.69) is 10.5 Å². The quantitative estimate of drug-likeness (QED) is 0.441. The lowest BCUT2D eigenvalue weighted by Gasteiger charge is -2.11. The molecule has 0 radical (unpaired) electrons. The maximum atomic E-state index is 12.2. The van der Waals surface area contributed by atoms with Gasteiger partial charge in [-0.2, -0.15) is 11.8 Å². The van der Waals surface area contributed by atoms with Crippen molar-refractivity contribution in [1.29, 1.82) is 0 Å². The summed E-state index contributed by atoms with van der Waals surface area (Å²) in [6.45, 7) is 4.02. The zero-order valence-electron chi connectivity index (χ0n) is 16.0. The molecule has 3 aromatic rings. The Hall–Kier alpha value is -2.24. The fraction of sp³-hybridized carbons (Fsp3) is 0.273. The number of carbonyl (C=O) groups excluding carboxylic acids is 1. The number of hydrogen-bond acceptors (Lipinski definition) is 4. The van der Waals surface area contributed by atoms with Gasteiger partial charge >= 0.3 is 0 Å². The number of rotatable bonds is 8. The Balaban J connectivity index is 1.39. The molecule has 0 saturated carbocycles. The summed E-state index contributed by atoms with van der Waals surface area (Å²) in [4.78, 5) is 12.2. The standard InChI is InChI=1S/C22H23ClN2O2S/c1-15-5-3-6-16(2)22(15)24-21(26)7-4-12-28-14-19-13-20(25-27-19)17-8-10-18(23)11-9-17/h3,5-6,8-11,13H,4,7,12,14H2,1-2H3,(H,24,26). The van der Waals surface area contributed by atoms with Crippen LogP contribution in [0.15, 0.2) is 53.1 Å². The highest BCUT2D eigenvalue weighted by molar-refractivity contribution is 7.98. The summed E-state index contributed by atoms with van der Waals surface area (Å²) in [5, 5.41) is 7.84. The third-order valence-corrected chi connectivity index (χ3v) is 5.70. The average molecular weight is 415 g/mol. The summed E-state index contributed by atoms with van der Waals surface area (Å²) in [5.74, 6) is 2.51. The van der Waals surface area contributed by atoms with E-state index in [-0.39, 0.29) is 5.91 Å². The van der Waals surface area contributed by atoms with Gasteiger partial charge in [-0.25, -0.2) is 0 Å². The highest BCUT2D eigenvalue weighted by Crippen LogP contribution is 2.24. The number of hydrogen-bond donors (Lipinski definition) is 1. The van der Waals surface area contributed by atoms with Crippen LogP contribution in [0.4, 0.5) is 5.69 Å². The Morgan fingerprint density at radius 3 is 2.57 bits per heavy atom. The summed E-state index contributed by atoms with van der Waals surface area (Å²) in [7, 11) is 0. The van der Waals surface area contributed by atoms with E-state index in [0.717, 1.165) is 51.8 Å². The normalized spacial score (nSPS) is 10.8. The number of nitrogens with one attached hydrogen (secondary N) is 1. The lowest BCUT2D eigenvalue weighted by molar-refractivity contribution is -0.116. The topological polar surface area (TPSA) is 55.1 Å². The lowest BCUT2D eigenvalue weighted by atomic mass is 10.1. The monoisotopic (exact) mass is 414 g/mol. The van der Waals surface area contributed by atoms with Crippen LogP contribution in [0.25, 0.3) is 11.3 Å². The summed E-state index contributed by atoms with van der Waals surface area (Å²) in [6, 6.07) is 15.5. The first-order valence-electron chi connectivity index (χ1n) is 9.18. The molecule has 0 atom stereocenters.